The Hall–Kier alpha value is -3.80. The van der Waals surface area contributed by atoms with Crippen molar-refractivity contribution >= 4 is 33.8 Å². The van der Waals surface area contributed by atoms with E-state index >= 15 is 0 Å². The van der Waals surface area contributed by atoms with Crippen LogP contribution in [0.15, 0.2) is 59.8 Å². The number of rotatable bonds is 5. The number of imidazole rings is 1. The Morgan fingerprint density at radius 3 is 2.75 bits per heavy atom. The summed E-state index contributed by atoms with van der Waals surface area (Å²) in [5, 5.41) is 7.88. The van der Waals surface area contributed by atoms with E-state index in [0.29, 0.717) is 25.1 Å². The van der Waals surface area contributed by atoms with Gasteiger partial charge in [-0.1, -0.05) is 29.9 Å². The summed E-state index contributed by atoms with van der Waals surface area (Å²) in [4.78, 5) is 33.5. The van der Waals surface area contributed by atoms with E-state index in [1.807, 2.05) is 42.9 Å². The van der Waals surface area contributed by atoms with Crippen LogP contribution >= 0.6 is 11.3 Å². The summed E-state index contributed by atoms with van der Waals surface area (Å²) >= 11 is 1.50. The van der Waals surface area contributed by atoms with Gasteiger partial charge in [0.25, 0.3) is 0 Å². The highest BCUT2D eigenvalue weighted by Gasteiger charge is 2.39. The van der Waals surface area contributed by atoms with E-state index in [1.165, 1.54) is 29.5 Å². The van der Waals surface area contributed by atoms with Crippen LogP contribution in [0.2, 0.25) is 0 Å². The molecule has 2 atom stereocenters. The van der Waals surface area contributed by atoms with Crippen LogP contribution in [-0.4, -0.2) is 51.2 Å². The lowest BCUT2D eigenvalue weighted by molar-refractivity contribution is -0.274. The molecule has 0 spiro atoms. The number of hydrogen-bond donors (Lipinski definition) is 2. The molecule has 12 heteroatoms. The molecule has 0 bridgehead atoms. The number of nitrogens with one attached hydrogen (secondary N) is 2. The Kier molecular flexibility index (Phi) is 7.38. The standard InChI is InChI=1S/C28H30F3N5O3S/c1-27(2,3)34-25(38)35-10-9-21-20(17-5-4-6-19(13-17)39-28(29,30)31)7-8-22(23(21)16-35)24(37)32-14-18-15-36-11-12-40-26(36)33-18/h4-8,11-13,15,22-23H,9-10,14,16H2,1-3H3,(H,32,37)(H,34,38). The third kappa shape index (κ3) is 6.33. The molecular formula is C28H30F3N5O3S. The number of thiazole rings is 1. The van der Waals surface area contributed by atoms with E-state index < -0.39 is 17.8 Å². The van der Waals surface area contributed by atoms with Crippen LogP contribution in [0, 0.1) is 11.8 Å². The lowest BCUT2D eigenvalue weighted by Crippen LogP contribution is -2.53. The maximum atomic E-state index is 13.5. The zero-order valence-corrected chi connectivity index (χ0v) is 23.1. The van der Waals surface area contributed by atoms with Crippen LogP contribution in [0.25, 0.3) is 10.5 Å². The third-order valence-corrected chi connectivity index (χ3v) is 7.57. The molecule has 0 radical (unpaired) electrons. The van der Waals surface area contributed by atoms with Crippen LogP contribution in [0.1, 0.15) is 38.4 Å². The second-order valence-electron chi connectivity index (χ2n) is 10.9. The van der Waals surface area contributed by atoms with Crippen molar-refractivity contribution < 1.29 is 27.5 Å². The van der Waals surface area contributed by atoms with E-state index in [1.54, 1.807) is 23.1 Å². The highest BCUT2D eigenvalue weighted by atomic mass is 32.1. The minimum atomic E-state index is -4.81. The predicted molar refractivity (Wildman–Crippen MR) is 146 cm³/mol. The third-order valence-electron chi connectivity index (χ3n) is 6.80. The van der Waals surface area contributed by atoms with Crippen molar-refractivity contribution in [2.24, 2.45) is 11.8 Å². The second-order valence-corrected chi connectivity index (χ2v) is 11.8. The van der Waals surface area contributed by atoms with Gasteiger partial charge in [-0.05, 0) is 50.5 Å². The minimum absolute atomic E-state index is 0.207. The normalized spacial score (nSPS) is 19.5. The van der Waals surface area contributed by atoms with E-state index in [4.69, 9.17) is 0 Å². The number of fused-ring (bicyclic) bond motifs is 2. The van der Waals surface area contributed by atoms with Crippen molar-refractivity contribution in [3.05, 3.63) is 71.0 Å². The largest absolute Gasteiger partial charge is 0.573 e. The lowest BCUT2D eigenvalue weighted by Gasteiger charge is -2.41. The zero-order valence-electron chi connectivity index (χ0n) is 22.3. The maximum absolute atomic E-state index is 13.5. The average Bonchev–Trinajstić information content (AvgIpc) is 3.46. The van der Waals surface area contributed by atoms with Crippen LogP contribution in [-0.2, 0) is 11.3 Å². The fourth-order valence-corrected chi connectivity index (χ4v) is 5.86. The monoisotopic (exact) mass is 573 g/mol. The highest BCUT2D eigenvalue weighted by molar-refractivity contribution is 7.15. The Balaban J connectivity index is 1.40. The van der Waals surface area contributed by atoms with Gasteiger partial charge in [0, 0.05) is 42.3 Å². The minimum Gasteiger partial charge on any atom is -0.406 e. The van der Waals surface area contributed by atoms with Crippen LogP contribution < -0.4 is 15.4 Å². The molecule has 40 heavy (non-hydrogen) atoms. The number of amides is 3. The van der Waals surface area contributed by atoms with Gasteiger partial charge in [-0.2, -0.15) is 0 Å². The van der Waals surface area contributed by atoms with E-state index in [0.717, 1.165) is 21.8 Å². The van der Waals surface area contributed by atoms with Crippen molar-refractivity contribution in [3.8, 4) is 5.75 Å². The van der Waals surface area contributed by atoms with Gasteiger partial charge in [-0.25, -0.2) is 9.78 Å². The predicted octanol–water partition coefficient (Wildman–Crippen LogP) is 5.38. The molecule has 0 saturated carbocycles. The molecular weight excluding hydrogens is 543 g/mol. The number of urea groups is 1. The number of allylic oxidation sites excluding steroid dienone is 2. The number of ether oxygens (including phenoxy) is 1. The quantitative estimate of drug-likeness (QED) is 0.429. The number of halogens is 3. The van der Waals surface area contributed by atoms with Crippen LogP contribution in [0.5, 0.6) is 5.75 Å². The molecule has 1 aromatic carbocycles. The first-order valence-electron chi connectivity index (χ1n) is 12.9. The molecule has 212 valence electrons. The van der Waals surface area contributed by atoms with Gasteiger partial charge < -0.3 is 20.3 Å². The van der Waals surface area contributed by atoms with Crippen molar-refractivity contribution in [1.29, 1.82) is 0 Å². The van der Waals surface area contributed by atoms with Crippen molar-refractivity contribution in [2.75, 3.05) is 13.1 Å². The average molecular weight is 574 g/mol. The Morgan fingerprint density at radius 2 is 2.02 bits per heavy atom. The second kappa shape index (κ2) is 10.6. The number of alkyl halides is 3. The van der Waals surface area contributed by atoms with Crippen molar-refractivity contribution in [1.82, 2.24) is 24.9 Å². The Morgan fingerprint density at radius 1 is 1.23 bits per heavy atom. The zero-order chi connectivity index (χ0) is 28.7. The fourth-order valence-electron chi connectivity index (χ4n) is 5.14. The number of hydrogen-bond acceptors (Lipinski definition) is 5. The Bertz CT molecular complexity index is 1460. The van der Waals surface area contributed by atoms with Gasteiger partial charge in [0.15, 0.2) is 4.96 Å². The van der Waals surface area contributed by atoms with E-state index in [-0.39, 0.29) is 30.2 Å². The molecule has 1 fully saturated rings. The fraction of sp³-hybridized carbons (Fsp3) is 0.393. The lowest BCUT2D eigenvalue weighted by atomic mass is 9.73. The first-order chi connectivity index (χ1) is 18.9. The summed E-state index contributed by atoms with van der Waals surface area (Å²) < 4.78 is 44.6. The molecule has 3 amide bonds. The first-order valence-corrected chi connectivity index (χ1v) is 13.8. The molecule has 8 nitrogen and oxygen atoms in total. The smallest absolute Gasteiger partial charge is 0.406 e. The maximum Gasteiger partial charge on any atom is 0.573 e. The molecule has 3 aromatic rings. The van der Waals surface area contributed by atoms with Crippen LogP contribution in [0.4, 0.5) is 18.0 Å². The number of benzene rings is 1. The number of nitrogens with zero attached hydrogens (tertiary/aromatic N) is 3. The number of carbonyl (C=O) groups is 2. The molecule has 2 aliphatic rings. The van der Waals surface area contributed by atoms with Gasteiger partial charge in [-0.15, -0.1) is 24.5 Å². The number of aromatic nitrogens is 2. The number of carbonyl (C=O) groups excluding carboxylic acids is 2. The molecule has 2 N–H and O–H groups in total. The Labute approximate surface area is 233 Å². The summed E-state index contributed by atoms with van der Waals surface area (Å²) in [7, 11) is 0. The van der Waals surface area contributed by atoms with Crippen molar-refractivity contribution in [2.45, 2.75) is 45.6 Å². The topological polar surface area (TPSA) is 88.0 Å². The summed E-state index contributed by atoms with van der Waals surface area (Å²) in [5.74, 6) is -1.44. The molecule has 2 unspecified atom stereocenters. The molecule has 1 aliphatic carbocycles. The highest BCUT2D eigenvalue weighted by Crippen LogP contribution is 2.41. The van der Waals surface area contributed by atoms with Gasteiger partial charge >= 0.3 is 12.4 Å². The van der Waals surface area contributed by atoms with Gasteiger partial charge in [-0.3, -0.25) is 9.20 Å². The molecule has 5 rings (SSSR count). The molecule has 1 saturated heterocycles. The van der Waals surface area contributed by atoms with E-state index in [9.17, 15) is 22.8 Å². The summed E-state index contributed by atoms with van der Waals surface area (Å²) in [6.07, 6.45) is 3.00. The van der Waals surface area contributed by atoms with Crippen LogP contribution in [0.3, 0.4) is 0 Å². The SMILES string of the molecule is CC(C)(C)NC(=O)N1CCC2=C(c3cccc(OC(F)(F)F)c3)C=CC(C(=O)NCc3cn4ccsc4n3)C2C1. The molecule has 2 aromatic heterocycles. The summed E-state index contributed by atoms with van der Waals surface area (Å²) in [6.45, 7) is 6.66. The first kappa shape index (κ1) is 27.8. The summed E-state index contributed by atoms with van der Waals surface area (Å²) in [5.41, 5.74) is 2.52. The summed E-state index contributed by atoms with van der Waals surface area (Å²) in [6, 6.07) is 5.60. The van der Waals surface area contributed by atoms with E-state index in [2.05, 4.69) is 20.4 Å². The number of likely N-dealkylation sites (tertiary alicyclic amines) is 1. The van der Waals surface area contributed by atoms with Gasteiger partial charge in [0.2, 0.25) is 5.91 Å². The van der Waals surface area contributed by atoms with Crippen molar-refractivity contribution in [3.63, 3.8) is 0 Å². The molecule has 1 aliphatic heterocycles. The van der Waals surface area contributed by atoms with Gasteiger partial charge in [0.1, 0.15) is 5.75 Å². The number of piperidine rings is 1. The molecule has 3 heterocycles. The van der Waals surface area contributed by atoms with Gasteiger partial charge in [0.05, 0.1) is 18.2 Å².